The average molecular weight is 152 g/mol. The molecule has 0 amide bonds. The Kier molecular flexibility index (Phi) is 2.21. The second-order valence-corrected chi connectivity index (χ2v) is 2.34. The maximum Gasteiger partial charge on any atom is 0.106 e. The molecule has 3 nitrogen and oxygen atoms in total. The van der Waals surface area contributed by atoms with Crippen LogP contribution >= 0.6 is 0 Å². The molecule has 0 atom stereocenters. The van der Waals surface area contributed by atoms with E-state index in [4.69, 9.17) is 4.74 Å². The minimum absolute atomic E-state index is 0.904. The Bertz CT molecular complexity index is 188. The van der Waals surface area contributed by atoms with Crippen LogP contribution in [0.25, 0.3) is 0 Å². The van der Waals surface area contributed by atoms with E-state index in [1.165, 1.54) is 0 Å². The highest BCUT2D eigenvalue weighted by atomic mass is 16.5. The van der Waals surface area contributed by atoms with Gasteiger partial charge in [0.25, 0.3) is 0 Å². The summed E-state index contributed by atoms with van der Waals surface area (Å²) < 4.78 is 4.98. The summed E-state index contributed by atoms with van der Waals surface area (Å²) in [4.78, 5) is 3.76. The Balaban J connectivity index is 2.75. The van der Waals surface area contributed by atoms with Crippen LogP contribution in [-0.4, -0.2) is 23.9 Å². The third kappa shape index (κ3) is 1.77. The fourth-order valence-electron chi connectivity index (χ4n) is 0.719. The van der Waals surface area contributed by atoms with Gasteiger partial charge < -0.3 is 14.5 Å². The van der Waals surface area contributed by atoms with E-state index in [2.05, 4.69) is 6.58 Å². The summed E-state index contributed by atoms with van der Waals surface area (Å²) in [6.45, 7) is 3.87. The zero-order chi connectivity index (χ0) is 8.27. The van der Waals surface area contributed by atoms with Gasteiger partial charge in [0, 0.05) is 26.5 Å². The van der Waals surface area contributed by atoms with Gasteiger partial charge in [0.05, 0.1) is 0 Å². The number of ether oxygens (including phenoxy) is 1. The summed E-state index contributed by atoms with van der Waals surface area (Å²) in [5.41, 5.74) is 0. The molecule has 0 saturated heterocycles. The highest BCUT2D eigenvalue weighted by Crippen LogP contribution is 2.07. The zero-order valence-corrected chi connectivity index (χ0v) is 6.82. The topological polar surface area (TPSA) is 15.7 Å². The average Bonchev–Trinajstić information content (AvgIpc) is 2.00. The molecule has 0 radical (unpaired) electrons. The number of rotatable bonds is 0. The third-order valence-corrected chi connectivity index (χ3v) is 1.54. The van der Waals surface area contributed by atoms with Crippen molar-refractivity contribution in [3.8, 4) is 0 Å². The minimum Gasteiger partial charge on any atom is -0.470 e. The number of hydrogen-bond acceptors (Lipinski definition) is 3. The molecular formula is C8H12N2O. The van der Waals surface area contributed by atoms with Crippen LogP contribution in [0.3, 0.4) is 0 Å². The predicted molar refractivity (Wildman–Crippen MR) is 44.0 cm³/mol. The van der Waals surface area contributed by atoms with Crippen molar-refractivity contribution in [2.24, 2.45) is 0 Å². The van der Waals surface area contributed by atoms with E-state index < -0.39 is 0 Å². The second kappa shape index (κ2) is 3.14. The van der Waals surface area contributed by atoms with Crippen LogP contribution in [0, 0.1) is 0 Å². The van der Waals surface area contributed by atoms with E-state index in [0.29, 0.717) is 0 Å². The van der Waals surface area contributed by atoms with E-state index >= 15 is 0 Å². The van der Waals surface area contributed by atoms with Crippen LogP contribution in [0.1, 0.15) is 0 Å². The molecule has 60 valence electrons. The maximum absolute atomic E-state index is 4.98. The number of hydrogen-bond donors (Lipinski definition) is 0. The van der Waals surface area contributed by atoms with E-state index in [1.54, 1.807) is 12.5 Å². The minimum atomic E-state index is 0.904. The third-order valence-electron chi connectivity index (χ3n) is 1.54. The van der Waals surface area contributed by atoms with E-state index in [9.17, 15) is 0 Å². The van der Waals surface area contributed by atoms with Crippen molar-refractivity contribution in [2.75, 3.05) is 14.1 Å². The molecule has 0 N–H and O–H groups in total. The Hall–Kier alpha value is -1.38. The maximum atomic E-state index is 4.98. The van der Waals surface area contributed by atoms with E-state index in [-0.39, 0.29) is 0 Å². The van der Waals surface area contributed by atoms with E-state index in [0.717, 1.165) is 5.82 Å². The van der Waals surface area contributed by atoms with Crippen LogP contribution in [0.5, 0.6) is 0 Å². The molecule has 0 spiro atoms. The van der Waals surface area contributed by atoms with Gasteiger partial charge in [-0.15, -0.1) is 0 Å². The molecule has 0 aromatic carbocycles. The normalized spacial score (nSPS) is 17.8. The largest absolute Gasteiger partial charge is 0.470 e. The van der Waals surface area contributed by atoms with Crippen LogP contribution in [0.15, 0.2) is 37.3 Å². The lowest BCUT2D eigenvalue weighted by Crippen LogP contribution is -2.22. The quantitative estimate of drug-likeness (QED) is 0.520. The van der Waals surface area contributed by atoms with Crippen LogP contribution < -0.4 is 0 Å². The first-order valence-electron chi connectivity index (χ1n) is 3.35. The zero-order valence-electron chi connectivity index (χ0n) is 6.82. The highest BCUT2D eigenvalue weighted by Gasteiger charge is 2.02. The smallest absolute Gasteiger partial charge is 0.106 e. The van der Waals surface area contributed by atoms with Gasteiger partial charge in [-0.1, -0.05) is 6.58 Å². The standard InChI is InChI=1S/C8H12N2O/c1-8-9(2)4-6-11-7-5-10(8)3/h4-7H,1H2,2-3H3. The summed E-state index contributed by atoms with van der Waals surface area (Å²) in [6, 6.07) is 0. The molecule has 0 saturated carbocycles. The Morgan fingerprint density at radius 3 is 2.09 bits per heavy atom. The van der Waals surface area contributed by atoms with Crippen molar-refractivity contribution in [1.82, 2.24) is 9.80 Å². The molecule has 0 bridgehead atoms. The predicted octanol–water partition coefficient (Wildman–Crippen LogP) is 1.29. The van der Waals surface area contributed by atoms with Crippen LogP contribution in [-0.2, 0) is 4.74 Å². The lowest BCUT2D eigenvalue weighted by atomic mass is 10.5. The molecule has 0 unspecified atom stereocenters. The molecule has 1 aliphatic rings. The first-order chi connectivity index (χ1) is 5.22. The summed E-state index contributed by atoms with van der Waals surface area (Å²) in [7, 11) is 3.83. The van der Waals surface area contributed by atoms with Gasteiger partial charge in [0.2, 0.25) is 0 Å². The van der Waals surface area contributed by atoms with Crippen molar-refractivity contribution >= 4 is 0 Å². The van der Waals surface area contributed by atoms with Crippen LogP contribution in [0.4, 0.5) is 0 Å². The summed E-state index contributed by atoms with van der Waals surface area (Å²) in [5.74, 6) is 0.904. The monoisotopic (exact) mass is 152 g/mol. The number of nitrogens with zero attached hydrogens (tertiary/aromatic N) is 2. The fraction of sp³-hybridized carbons (Fsp3) is 0.250. The molecule has 0 aliphatic carbocycles. The Morgan fingerprint density at radius 2 is 1.64 bits per heavy atom. The lowest BCUT2D eigenvalue weighted by molar-refractivity contribution is 0.328. The van der Waals surface area contributed by atoms with Gasteiger partial charge >= 0.3 is 0 Å². The summed E-state index contributed by atoms with van der Waals surface area (Å²) in [5, 5.41) is 0. The molecule has 11 heavy (non-hydrogen) atoms. The van der Waals surface area contributed by atoms with Crippen molar-refractivity contribution in [2.45, 2.75) is 0 Å². The van der Waals surface area contributed by atoms with Gasteiger partial charge in [-0.25, -0.2) is 0 Å². The van der Waals surface area contributed by atoms with Crippen molar-refractivity contribution < 1.29 is 4.74 Å². The molecule has 1 aliphatic heterocycles. The van der Waals surface area contributed by atoms with Crippen molar-refractivity contribution in [3.63, 3.8) is 0 Å². The van der Waals surface area contributed by atoms with Gasteiger partial charge in [-0.05, 0) is 0 Å². The lowest BCUT2D eigenvalue weighted by Gasteiger charge is -2.25. The van der Waals surface area contributed by atoms with Gasteiger partial charge in [-0.3, -0.25) is 0 Å². The van der Waals surface area contributed by atoms with Crippen molar-refractivity contribution in [1.29, 1.82) is 0 Å². The van der Waals surface area contributed by atoms with Gasteiger partial charge in [0.1, 0.15) is 18.3 Å². The van der Waals surface area contributed by atoms with Gasteiger partial charge in [0.15, 0.2) is 0 Å². The second-order valence-electron chi connectivity index (χ2n) is 2.34. The molecule has 0 aromatic heterocycles. The Labute approximate surface area is 66.9 Å². The molecule has 3 heteroatoms. The van der Waals surface area contributed by atoms with Crippen LogP contribution in [0.2, 0.25) is 0 Å². The molecular weight excluding hydrogens is 140 g/mol. The fourth-order valence-corrected chi connectivity index (χ4v) is 0.719. The summed E-state index contributed by atoms with van der Waals surface area (Å²) in [6.07, 6.45) is 6.83. The molecule has 0 fully saturated rings. The summed E-state index contributed by atoms with van der Waals surface area (Å²) >= 11 is 0. The molecule has 0 aromatic rings. The first kappa shape index (κ1) is 7.72. The molecule has 1 heterocycles. The highest BCUT2D eigenvalue weighted by molar-refractivity contribution is 5.02. The van der Waals surface area contributed by atoms with E-state index in [1.807, 2.05) is 36.3 Å². The van der Waals surface area contributed by atoms with Gasteiger partial charge in [-0.2, -0.15) is 0 Å². The van der Waals surface area contributed by atoms with Crippen molar-refractivity contribution in [3.05, 3.63) is 37.3 Å². The first-order valence-corrected chi connectivity index (χ1v) is 3.35. The molecule has 1 rings (SSSR count). The SMILES string of the molecule is C=C1N(C)C=COC=CN1C. The Morgan fingerprint density at radius 1 is 1.18 bits per heavy atom.